The Kier molecular flexibility index (Phi) is 4.98. The van der Waals surface area contributed by atoms with E-state index in [1.807, 2.05) is 0 Å². The molecule has 2 aromatic rings. The van der Waals surface area contributed by atoms with E-state index in [1.54, 1.807) is 0 Å². The fourth-order valence-corrected chi connectivity index (χ4v) is 4.18. The first-order valence-electron chi connectivity index (χ1n) is 9.26. The van der Waals surface area contributed by atoms with E-state index in [1.165, 1.54) is 25.3 Å². The van der Waals surface area contributed by atoms with E-state index in [9.17, 15) is 22.4 Å². The molecule has 8 heteroatoms. The molecule has 0 bridgehead atoms. The molecule has 0 saturated carbocycles. The number of carbonyl (C=O) groups excluding carboxylic acids is 1. The van der Waals surface area contributed by atoms with Gasteiger partial charge in [-0.3, -0.25) is 0 Å². The molecular weight excluding hydrogens is 390 g/mol. The number of fused-ring (bicyclic) bond motifs is 3. The number of carbonyl (C=O) groups is 1. The van der Waals surface area contributed by atoms with Gasteiger partial charge >= 0.3 is 12.1 Å². The van der Waals surface area contributed by atoms with Crippen LogP contribution in [0.4, 0.5) is 23.2 Å². The lowest BCUT2D eigenvalue weighted by Gasteiger charge is -2.43. The van der Waals surface area contributed by atoms with Crippen molar-refractivity contribution in [3.63, 3.8) is 0 Å². The van der Waals surface area contributed by atoms with Gasteiger partial charge < -0.3 is 14.8 Å². The van der Waals surface area contributed by atoms with Gasteiger partial charge in [0.2, 0.25) is 0 Å². The highest BCUT2D eigenvalue weighted by atomic mass is 19.4. The van der Waals surface area contributed by atoms with E-state index in [-0.39, 0.29) is 11.5 Å². The van der Waals surface area contributed by atoms with Crippen LogP contribution in [0.25, 0.3) is 0 Å². The van der Waals surface area contributed by atoms with Crippen molar-refractivity contribution in [2.24, 2.45) is 5.92 Å². The summed E-state index contributed by atoms with van der Waals surface area (Å²) in [5.41, 5.74) is 0.618. The molecule has 2 aliphatic rings. The third-order valence-electron chi connectivity index (χ3n) is 5.55. The Morgan fingerprint density at radius 3 is 2.66 bits per heavy atom. The number of hydrogen-bond donors (Lipinski definition) is 1. The number of ether oxygens (including phenoxy) is 2. The standard InChI is InChI=1S/C21H19F4NO3/c1-28-20(27)11-4-6-13(16(22)9-11)18-14-3-2-8-29-19(14)15-10-12(21(23,24)25)5-7-17(15)26-18/h4-7,9-10,14,18-19,26H,2-3,8H2,1H3/t14-,18+,19-/m1/s1. The molecule has 154 valence electrons. The Morgan fingerprint density at radius 2 is 1.97 bits per heavy atom. The van der Waals surface area contributed by atoms with Crippen LogP contribution in [0.3, 0.4) is 0 Å². The Labute approximate surface area is 164 Å². The van der Waals surface area contributed by atoms with E-state index in [4.69, 9.17) is 4.74 Å². The van der Waals surface area contributed by atoms with Crippen molar-refractivity contribution in [2.45, 2.75) is 31.2 Å². The summed E-state index contributed by atoms with van der Waals surface area (Å²) in [6.07, 6.45) is -3.61. The first-order chi connectivity index (χ1) is 13.8. The highest BCUT2D eigenvalue weighted by molar-refractivity contribution is 5.89. The van der Waals surface area contributed by atoms with Crippen molar-refractivity contribution in [3.8, 4) is 0 Å². The SMILES string of the molecule is COC(=O)c1ccc([C@@H]2Nc3ccc(C(F)(F)F)cc3[C@@H]3OCCC[C@H]23)c(F)c1. The summed E-state index contributed by atoms with van der Waals surface area (Å²) in [6.45, 7) is 0.438. The molecule has 0 radical (unpaired) electrons. The third kappa shape index (κ3) is 3.57. The molecule has 3 atom stereocenters. The van der Waals surface area contributed by atoms with Crippen LogP contribution in [0.15, 0.2) is 36.4 Å². The molecule has 0 spiro atoms. The van der Waals surface area contributed by atoms with Crippen molar-refractivity contribution < 1.29 is 31.8 Å². The average molecular weight is 409 g/mol. The summed E-state index contributed by atoms with van der Waals surface area (Å²) >= 11 is 0. The van der Waals surface area contributed by atoms with Crippen molar-refractivity contribution in [3.05, 3.63) is 64.5 Å². The van der Waals surface area contributed by atoms with Gasteiger partial charge in [-0.25, -0.2) is 9.18 Å². The van der Waals surface area contributed by atoms with Crippen molar-refractivity contribution in [1.82, 2.24) is 0 Å². The number of methoxy groups -OCH3 is 1. The second kappa shape index (κ2) is 7.33. The first-order valence-corrected chi connectivity index (χ1v) is 9.26. The van der Waals surface area contributed by atoms with Crippen LogP contribution in [0.1, 0.15) is 52.0 Å². The highest BCUT2D eigenvalue weighted by Crippen LogP contribution is 2.50. The Hall–Kier alpha value is -2.61. The molecule has 2 heterocycles. The Bertz CT molecular complexity index is 944. The minimum atomic E-state index is -4.45. The van der Waals surface area contributed by atoms with E-state index < -0.39 is 35.7 Å². The van der Waals surface area contributed by atoms with Gasteiger partial charge in [0, 0.05) is 29.3 Å². The van der Waals surface area contributed by atoms with Crippen LogP contribution in [-0.4, -0.2) is 19.7 Å². The normalized spacial score (nSPS) is 23.6. The lowest BCUT2D eigenvalue weighted by molar-refractivity contribution is -0.137. The molecule has 1 saturated heterocycles. The van der Waals surface area contributed by atoms with Gasteiger partial charge in [0.1, 0.15) is 5.82 Å². The predicted octanol–water partition coefficient (Wildman–Crippen LogP) is 5.27. The van der Waals surface area contributed by atoms with E-state index in [0.717, 1.165) is 24.6 Å². The van der Waals surface area contributed by atoms with Crippen LogP contribution in [0, 0.1) is 11.7 Å². The molecule has 0 aromatic heterocycles. The van der Waals surface area contributed by atoms with Crippen molar-refractivity contribution >= 4 is 11.7 Å². The van der Waals surface area contributed by atoms with Crippen molar-refractivity contribution in [1.29, 1.82) is 0 Å². The maximum Gasteiger partial charge on any atom is 0.416 e. The van der Waals surface area contributed by atoms with Gasteiger partial charge in [0.05, 0.1) is 30.4 Å². The van der Waals surface area contributed by atoms with Gasteiger partial charge in [-0.15, -0.1) is 0 Å². The minimum Gasteiger partial charge on any atom is -0.465 e. The molecule has 0 amide bonds. The summed E-state index contributed by atoms with van der Waals surface area (Å²) in [7, 11) is 1.22. The van der Waals surface area contributed by atoms with E-state index in [2.05, 4.69) is 10.1 Å². The number of hydrogen-bond acceptors (Lipinski definition) is 4. The Balaban J connectivity index is 1.74. The molecular formula is C21H19F4NO3. The minimum absolute atomic E-state index is 0.0937. The lowest BCUT2D eigenvalue weighted by Crippen LogP contribution is -2.36. The van der Waals surface area contributed by atoms with Gasteiger partial charge in [-0.1, -0.05) is 6.07 Å². The van der Waals surface area contributed by atoms with Crippen LogP contribution in [-0.2, 0) is 15.7 Å². The fraction of sp³-hybridized carbons (Fsp3) is 0.381. The predicted molar refractivity (Wildman–Crippen MR) is 97.0 cm³/mol. The number of rotatable bonds is 2. The number of halogens is 4. The summed E-state index contributed by atoms with van der Waals surface area (Å²) < 4.78 is 64.8. The molecule has 1 fully saturated rings. The maximum atomic E-state index is 14.8. The maximum absolute atomic E-state index is 14.8. The van der Waals surface area contributed by atoms with E-state index >= 15 is 0 Å². The molecule has 2 aromatic carbocycles. The van der Waals surface area contributed by atoms with Crippen LogP contribution in [0.5, 0.6) is 0 Å². The molecule has 4 rings (SSSR count). The summed E-state index contributed by atoms with van der Waals surface area (Å²) in [5.74, 6) is -1.46. The van der Waals surface area contributed by atoms with Gasteiger partial charge in [0.25, 0.3) is 0 Å². The van der Waals surface area contributed by atoms with Crippen LogP contribution in [0.2, 0.25) is 0 Å². The Morgan fingerprint density at radius 1 is 1.17 bits per heavy atom. The van der Waals surface area contributed by atoms with E-state index in [0.29, 0.717) is 29.8 Å². The lowest BCUT2D eigenvalue weighted by atomic mass is 9.77. The monoisotopic (exact) mass is 409 g/mol. The van der Waals surface area contributed by atoms with Gasteiger partial charge in [-0.05, 0) is 43.2 Å². The number of esters is 1. The summed E-state index contributed by atoms with van der Waals surface area (Å²) in [4.78, 5) is 11.6. The smallest absolute Gasteiger partial charge is 0.416 e. The molecule has 2 aliphatic heterocycles. The zero-order valence-electron chi connectivity index (χ0n) is 15.6. The second-order valence-electron chi connectivity index (χ2n) is 7.25. The van der Waals surface area contributed by atoms with Gasteiger partial charge in [0.15, 0.2) is 0 Å². The number of benzene rings is 2. The average Bonchev–Trinajstić information content (AvgIpc) is 2.71. The van der Waals surface area contributed by atoms with Crippen LogP contribution < -0.4 is 5.32 Å². The second-order valence-corrected chi connectivity index (χ2v) is 7.25. The molecule has 0 aliphatic carbocycles. The summed E-state index contributed by atoms with van der Waals surface area (Å²) in [5, 5.41) is 3.19. The van der Waals surface area contributed by atoms with Crippen LogP contribution >= 0.6 is 0 Å². The fourth-order valence-electron chi connectivity index (χ4n) is 4.18. The molecule has 0 unspecified atom stereocenters. The summed E-state index contributed by atoms with van der Waals surface area (Å²) in [6, 6.07) is 7.09. The van der Waals surface area contributed by atoms with Crippen molar-refractivity contribution in [2.75, 3.05) is 19.0 Å². The number of nitrogens with one attached hydrogen (secondary N) is 1. The zero-order chi connectivity index (χ0) is 20.8. The third-order valence-corrected chi connectivity index (χ3v) is 5.55. The van der Waals surface area contributed by atoms with Gasteiger partial charge in [-0.2, -0.15) is 13.2 Å². The first kappa shape index (κ1) is 19.7. The molecule has 4 nitrogen and oxygen atoms in total. The molecule has 29 heavy (non-hydrogen) atoms. The highest BCUT2D eigenvalue weighted by Gasteiger charge is 2.42. The number of alkyl halides is 3. The topological polar surface area (TPSA) is 47.6 Å². The quantitative estimate of drug-likeness (QED) is 0.543. The largest absolute Gasteiger partial charge is 0.465 e. The molecule has 1 N–H and O–H groups in total. The number of anilines is 1. The zero-order valence-corrected chi connectivity index (χ0v) is 15.6.